The Kier molecular flexibility index (Phi) is 3.08. The lowest BCUT2D eigenvalue weighted by molar-refractivity contribution is 0.504. The number of hydrazine groups is 1. The maximum atomic E-state index is 5.37. The van der Waals surface area contributed by atoms with E-state index in [2.05, 4.69) is 10.4 Å². The first-order valence-corrected chi connectivity index (χ1v) is 4.27. The highest BCUT2D eigenvalue weighted by molar-refractivity contribution is 5.99. The van der Waals surface area contributed by atoms with Gasteiger partial charge >= 0.3 is 0 Å². The molecule has 0 radical (unpaired) electrons. The Morgan fingerprint density at radius 2 is 2.31 bits per heavy atom. The molecule has 4 nitrogen and oxygen atoms in total. The topological polar surface area (TPSA) is 63.5 Å². The Bertz CT molecular complexity index is 315. The van der Waals surface area contributed by atoms with Crippen LogP contribution in [0.1, 0.15) is 24.0 Å². The summed E-state index contributed by atoms with van der Waals surface area (Å²) >= 11 is 0. The van der Waals surface area contributed by atoms with Crippen LogP contribution >= 0.6 is 0 Å². The van der Waals surface area contributed by atoms with Crippen molar-refractivity contribution in [2.24, 2.45) is 10.8 Å². The fourth-order valence-electron chi connectivity index (χ4n) is 1.23. The van der Waals surface area contributed by atoms with Crippen LogP contribution in [-0.4, -0.2) is 12.4 Å². The van der Waals surface area contributed by atoms with E-state index in [-0.39, 0.29) is 0 Å². The molecule has 0 aliphatic heterocycles. The van der Waals surface area contributed by atoms with Crippen LogP contribution in [0, 0.1) is 13.8 Å². The molecule has 3 N–H and O–H groups in total. The number of nitrogens with two attached hydrogens (primary N) is 1. The average Bonchev–Trinajstić information content (AvgIpc) is 2.41. The van der Waals surface area contributed by atoms with Crippen LogP contribution in [0.4, 0.5) is 0 Å². The summed E-state index contributed by atoms with van der Waals surface area (Å²) in [5.41, 5.74) is 3.50. The molecule has 0 saturated heterocycles. The van der Waals surface area contributed by atoms with Gasteiger partial charge in [-0.15, -0.1) is 0 Å². The molecule has 1 rings (SSSR count). The van der Waals surface area contributed by atoms with Gasteiger partial charge in [0.2, 0.25) is 0 Å². The van der Waals surface area contributed by atoms with E-state index in [1.165, 1.54) is 0 Å². The standard InChI is InChI=1S/C9H15N3O/c1-4-11-9(12-10)8-5-6(2)13-7(8)3/h5H,4,10H2,1-3H3,(H,11,12). The van der Waals surface area contributed by atoms with Gasteiger partial charge < -0.3 is 9.84 Å². The number of aryl methyl sites for hydroxylation is 2. The van der Waals surface area contributed by atoms with Gasteiger partial charge in [-0.05, 0) is 26.8 Å². The Hall–Kier alpha value is -1.29. The van der Waals surface area contributed by atoms with Crippen molar-refractivity contribution < 1.29 is 4.42 Å². The Morgan fingerprint density at radius 1 is 1.62 bits per heavy atom. The number of aliphatic imine (C=N–C) groups is 1. The minimum atomic E-state index is 0.678. The third-order valence-electron chi connectivity index (χ3n) is 1.75. The second-order valence-corrected chi connectivity index (χ2v) is 2.79. The summed E-state index contributed by atoms with van der Waals surface area (Å²) in [5, 5.41) is 0. The van der Waals surface area contributed by atoms with E-state index in [9.17, 15) is 0 Å². The van der Waals surface area contributed by atoms with E-state index in [0.29, 0.717) is 12.4 Å². The number of hydrogen-bond acceptors (Lipinski definition) is 3. The highest BCUT2D eigenvalue weighted by Crippen LogP contribution is 2.13. The zero-order valence-corrected chi connectivity index (χ0v) is 8.22. The summed E-state index contributed by atoms with van der Waals surface area (Å²) in [6, 6.07) is 1.92. The summed E-state index contributed by atoms with van der Waals surface area (Å²) in [7, 11) is 0. The van der Waals surface area contributed by atoms with Gasteiger partial charge in [-0.2, -0.15) is 0 Å². The highest BCUT2D eigenvalue weighted by atomic mass is 16.3. The van der Waals surface area contributed by atoms with Crippen LogP contribution in [0.15, 0.2) is 15.5 Å². The molecule has 0 saturated carbocycles. The number of amidine groups is 1. The van der Waals surface area contributed by atoms with E-state index in [4.69, 9.17) is 10.3 Å². The number of nitrogens with one attached hydrogen (secondary N) is 1. The van der Waals surface area contributed by atoms with Crippen molar-refractivity contribution in [1.82, 2.24) is 5.43 Å². The molecular weight excluding hydrogens is 166 g/mol. The van der Waals surface area contributed by atoms with Crippen molar-refractivity contribution in [3.8, 4) is 0 Å². The van der Waals surface area contributed by atoms with Crippen molar-refractivity contribution in [3.63, 3.8) is 0 Å². The molecule has 72 valence electrons. The molecule has 0 aliphatic carbocycles. The minimum Gasteiger partial charge on any atom is -0.466 e. The Balaban J connectivity index is 3.04. The van der Waals surface area contributed by atoms with E-state index in [1.807, 2.05) is 26.8 Å². The first kappa shape index (κ1) is 9.80. The molecule has 1 aromatic heterocycles. The predicted molar refractivity (Wildman–Crippen MR) is 52.6 cm³/mol. The van der Waals surface area contributed by atoms with Gasteiger partial charge in [0.15, 0.2) is 0 Å². The summed E-state index contributed by atoms with van der Waals surface area (Å²) in [4.78, 5) is 4.21. The fourth-order valence-corrected chi connectivity index (χ4v) is 1.23. The zero-order chi connectivity index (χ0) is 9.84. The molecular formula is C9H15N3O. The maximum absolute atomic E-state index is 5.37. The van der Waals surface area contributed by atoms with Crippen molar-refractivity contribution >= 4 is 5.84 Å². The number of nitrogens with zero attached hydrogens (tertiary/aromatic N) is 1. The molecule has 4 heteroatoms. The highest BCUT2D eigenvalue weighted by Gasteiger charge is 2.09. The van der Waals surface area contributed by atoms with E-state index in [0.717, 1.165) is 17.1 Å². The Labute approximate surface area is 77.8 Å². The lowest BCUT2D eigenvalue weighted by Crippen LogP contribution is -2.31. The summed E-state index contributed by atoms with van der Waals surface area (Å²) < 4.78 is 5.37. The third kappa shape index (κ3) is 2.09. The molecule has 0 atom stereocenters. The number of furan rings is 1. The SMILES string of the molecule is CCN=C(NN)c1cc(C)oc1C. The van der Waals surface area contributed by atoms with Crippen molar-refractivity contribution in [2.45, 2.75) is 20.8 Å². The van der Waals surface area contributed by atoms with Gasteiger partial charge in [-0.25, -0.2) is 5.84 Å². The molecule has 13 heavy (non-hydrogen) atoms. The second kappa shape index (κ2) is 4.09. The van der Waals surface area contributed by atoms with Crippen LogP contribution < -0.4 is 11.3 Å². The molecule has 0 aromatic carbocycles. The Morgan fingerprint density at radius 3 is 2.69 bits per heavy atom. The van der Waals surface area contributed by atoms with Crippen molar-refractivity contribution in [1.29, 1.82) is 0 Å². The van der Waals surface area contributed by atoms with Gasteiger partial charge in [0.25, 0.3) is 0 Å². The van der Waals surface area contributed by atoms with Gasteiger partial charge in [0.05, 0.1) is 5.56 Å². The molecule has 1 aromatic rings. The second-order valence-electron chi connectivity index (χ2n) is 2.79. The quantitative estimate of drug-likeness (QED) is 0.311. The molecule has 0 bridgehead atoms. The van der Waals surface area contributed by atoms with Gasteiger partial charge in [-0.1, -0.05) is 0 Å². The van der Waals surface area contributed by atoms with E-state index >= 15 is 0 Å². The first-order valence-electron chi connectivity index (χ1n) is 4.27. The lowest BCUT2D eigenvalue weighted by atomic mass is 10.2. The van der Waals surface area contributed by atoms with Crippen molar-refractivity contribution in [3.05, 3.63) is 23.2 Å². The number of hydrogen-bond donors (Lipinski definition) is 2. The monoisotopic (exact) mass is 181 g/mol. The van der Waals surface area contributed by atoms with Crippen LogP contribution in [0.2, 0.25) is 0 Å². The molecule has 0 amide bonds. The minimum absolute atomic E-state index is 0.678. The van der Waals surface area contributed by atoms with Gasteiger partial charge in [-0.3, -0.25) is 4.99 Å². The summed E-state index contributed by atoms with van der Waals surface area (Å²) in [6.45, 7) is 6.45. The maximum Gasteiger partial charge on any atom is 0.146 e. The molecule has 0 unspecified atom stereocenters. The smallest absolute Gasteiger partial charge is 0.146 e. The van der Waals surface area contributed by atoms with Gasteiger partial charge in [0, 0.05) is 6.54 Å². The molecule has 0 fully saturated rings. The third-order valence-corrected chi connectivity index (χ3v) is 1.75. The van der Waals surface area contributed by atoms with Crippen LogP contribution in [0.5, 0.6) is 0 Å². The average molecular weight is 181 g/mol. The first-order chi connectivity index (χ1) is 6.19. The van der Waals surface area contributed by atoms with Gasteiger partial charge in [0.1, 0.15) is 17.4 Å². The zero-order valence-electron chi connectivity index (χ0n) is 8.22. The van der Waals surface area contributed by atoms with Crippen LogP contribution in [0.25, 0.3) is 0 Å². The molecule has 0 aliphatic rings. The van der Waals surface area contributed by atoms with Crippen molar-refractivity contribution in [2.75, 3.05) is 6.54 Å². The fraction of sp³-hybridized carbons (Fsp3) is 0.444. The molecule has 1 heterocycles. The van der Waals surface area contributed by atoms with E-state index in [1.54, 1.807) is 0 Å². The lowest BCUT2D eigenvalue weighted by Gasteiger charge is -2.02. The normalized spacial score (nSPS) is 11.8. The molecule has 0 spiro atoms. The summed E-state index contributed by atoms with van der Waals surface area (Å²) in [6.07, 6.45) is 0. The summed E-state index contributed by atoms with van der Waals surface area (Å²) in [5.74, 6) is 7.73. The number of rotatable bonds is 2. The largest absolute Gasteiger partial charge is 0.466 e. The van der Waals surface area contributed by atoms with Crippen LogP contribution in [-0.2, 0) is 0 Å². The predicted octanol–water partition coefficient (Wildman–Crippen LogP) is 1.13. The van der Waals surface area contributed by atoms with E-state index < -0.39 is 0 Å². The van der Waals surface area contributed by atoms with Crippen LogP contribution in [0.3, 0.4) is 0 Å².